The lowest BCUT2D eigenvalue weighted by Crippen LogP contribution is -2.08. The van der Waals surface area contributed by atoms with Gasteiger partial charge in [-0.25, -0.2) is 9.67 Å². The Hall–Kier alpha value is -1.46. The van der Waals surface area contributed by atoms with Gasteiger partial charge in [0, 0.05) is 12.6 Å². The maximum Gasteiger partial charge on any atom is 0.164 e. The third-order valence-electron chi connectivity index (χ3n) is 2.40. The molecule has 0 radical (unpaired) electrons. The van der Waals surface area contributed by atoms with E-state index in [1.807, 2.05) is 6.92 Å². The lowest BCUT2D eigenvalue weighted by molar-refractivity contribution is 0.289. The lowest BCUT2D eigenvalue weighted by atomic mass is 10.3. The van der Waals surface area contributed by atoms with Crippen LogP contribution in [0, 0.1) is 0 Å². The Labute approximate surface area is 114 Å². The summed E-state index contributed by atoms with van der Waals surface area (Å²) in [7, 11) is 0. The van der Waals surface area contributed by atoms with Gasteiger partial charge in [-0.1, -0.05) is 23.2 Å². The van der Waals surface area contributed by atoms with Gasteiger partial charge in [-0.2, -0.15) is 5.10 Å². The molecule has 2 N–H and O–H groups in total. The number of nitrogens with two attached hydrogens (primary N) is 1. The molecule has 7 heteroatoms. The van der Waals surface area contributed by atoms with Gasteiger partial charge in [0.05, 0.1) is 15.7 Å². The monoisotopic (exact) mass is 286 g/mol. The normalized spacial score (nSPS) is 10.6. The highest BCUT2D eigenvalue weighted by atomic mass is 35.5. The fourth-order valence-electron chi connectivity index (χ4n) is 1.48. The number of aryl methyl sites for hydroxylation is 1. The Morgan fingerprint density at radius 2 is 2.06 bits per heavy atom. The molecule has 5 nitrogen and oxygen atoms in total. The molecule has 0 fully saturated rings. The molecule has 18 heavy (non-hydrogen) atoms. The van der Waals surface area contributed by atoms with Crippen molar-refractivity contribution >= 4 is 28.9 Å². The topological polar surface area (TPSA) is 66.0 Å². The molecule has 1 aromatic heterocycles. The molecule has 0 saturated heterocycles. The smallest absolute Gasteiger partial charge is 0.164 e. The first-order chi connectivity index (χ1) is 8.61. The first kappa shape index (κ1) is 13.0. The van der Waals surface area contributed by atoms with Crippen molar-refractivity contribution in [2.45, 2.75) is 20.1 Å². The number of benzene rings is 1. The molecule has 1 aromatic carbocycles. The molecule has 0 atom stereocenters. The highest BCUT2D eigenvalue weighted by Gasteiger charge is 2.08. The Morgan fingerprint density at radius 1 is 1.33 bits per heavy atom. The number of nitrogen functional groups attached to an aromatic ring is 1. The van der Waals surface area contributed by atoms with Gasteiger partial charge in [0.2, 0.25) is 0 Å². The summed E-state index contributed by atoms with van der Waals surface area (Å²) in [6.07, 6.45) is 1.49. The van der Waals surface area contributed by atoms with Crippen LogP contribution in [0.25, 0.3) is 0 Å². The summed E-state index contributed by atoms with van der Waals surface area (Å²) in [4.78, 5) is 4.10. The summed E-state index contributed by atoms with van der Waals surface area (Å²) in [6, 6.07) is 3.15. The Bertz CT molecular complexity index is 556. The average molecular weight is 287 g/mol. The number of halogens is 2. The Kier molecular flexibility index (Phi) is 3.93. The van der Waals surface area contributed by atoms with E-state index in [1.54, 1.807) is 16.8 Å². The van der Waals surface area contributed by atoms with Crippen molar-refractivity contribution in [1.82, 2.24) is 14.8 Å². The van der Waals surface area contributed by atoms with E-state index in [0.29, 0.717) is 21.5 Å². The Morgan fingerprint density at radius 3 is 2.78 bits per heavy atom. The van der Waals surface area contributed by atoms with Crippen LogP contribution >= 0.6 is 23.2 Å². The van der Waals surface area contributed by atoms with Gasteiger partial charge in [-0.3, -0.25) is 0 Å². The SMILES string of the molecule is CCn1ncnc1COc1cc(Cl)c(Cl)cc1N. The van der Waals surface area contributed by atoms with Gasteiger partial charge in [-0.05, 0) is 13.0 Å². The van der Waals surface area contributed by atoms with E-state index in [9.17, 15) is 0 Å². The van der Waals surface area contributed by atoms with Crippen molar-refractivity contribution in [3.05, 3.63) is 34.3 Å². The van der Waals surface area contributed by atoms with E-state index in [-0.39, 0.29) is 6.61 Å². The minimum atomic E-state index is 0.274. The molecular weight excluding hydrogens is 275 g/mol. The molecule has 1 heterocycles. The van der Waals surface area contributed by atoms with Crippen LogP contribution in [0.4, 0.5) is 5.69 Å². The largest absolute Gasteiger partial charge is 0.483 e. The van der Waals surface area contributed by atoms with Gasteiger partial charge in [-0.15, -0.1) is 0 Å². The lowest BCUT2D eigenvalue weighted by Gasteiger charge is -2.10. The van der Waals surface area contributed by atoms with Crippen molar-refractivity contribution in [2.75, 3.05) is 5.73 Å². The summed E-state index contributed by atoms with van der Waals surface area (Å²) in [5, 5.41) is 4.85. The number of rotatable bonds is 4. The minimum absolute atomic E-state index is 0.274. The molecule has 0 aliphatic carbocycles. The summed E-state index contributed by atoms with van der Waals surface area (Å²) >= 11 is 11.7. The Balaban J connectivity index is 2.13. The second kappa shape index (κ2) is 5.46. The number of anilines is 1. The van der Waals surface area contributed by atoms with E-state index in [2.05, 4.69) is 10.1 Å². The van der Waals surface area contributed by atoms with Crippen molar-refractivity contribution in [3.8, 4) is 5.75 Å². The molecule has 0 amide bonds. The van der Waals surface area contributed by atoms with Gasteiger partial charge < -0.3 is 10.5 Å². The standard InChI is InChI=1S/C11H12Cl2N4O/c1-2-17-11(15-6-16-17)5-18-10-4-8(13)7(12)3-9(10)14/h3-4,6H,2,5,14H2,1H3. The highest BCUT2D eigenvalue weighted by molar-refractivity contribution is 6.42. The zero-order valence-corrected chi connectivity index (χ0v) is 11.2. The third-order valence-corrected chi connectivity index (χ3v) is 3.13. The van der Waals surface area contributed by atoms with Gasteiger partial charge >= 0.3 is 0 Å². The quantitative estimate of drug-likeness (QED) is 0.878. The van der Waals surface area contributed by atoms with Crippen molar-refractivity contribution in [1.29, 1.82) is 0 Å². The summed E-state index contributed by atoms with van der Waals surface area (Å²) in [5.41, 5.74) is 6.23. The fraction of sp³-hybridized carbons (Fsp3) is 0.273. The minimum Gasteiger partial charge on any atom is -0.483 e. The molecule has 2 rings (SSSR count). The zero-order valence-electron chi connectivity index (χ0n) is 9.73. The first-order valence-corrected chi connectivity index (χ1v) is 6.11. The number of ether oxygens (including phenoxy) is 1. The van der Waals surface area contributed by atoms with Crippen LogP contribution in [0.2, 0.25) is 10.0 Å². The summed E-state index contributed by atoms with van der Waals surface area (Å²) < 4.78 is 7.31. The van der Waals surface area contributed by atoms with Gasteiger partial charge in [0.25, 0.3) is 0 Å². The number of aromatic nitrogens is 3. The molecule has 0 aliphatic heterocycles. The van der Waals surface area contributed by atoms with E-state index >= 15 is 0 Å². The van der Waals surface area contributed by atoms with E-state index in [0.717, 1.165) is 12.4 Å². The predicted octanol–water partition coefficient (Wildman–Crippen LogP) is 2.77. The molecule has 96 valence electrons. The first-order valence-electron chi connectivity index (χ1n) is 5.35. The van der Waals surface area contributed by atoms with E-state index < -0.39 is 0 Å². The molecule has 0 bridgehead atoms. The highest BCUT2D eigenvalue weighted by Crippen LogP contribution is 2.32. The predicted molar refractivity (Wildman–Crippen MR) is 70.9 cm³/mol. The fourth-order valence-corrected chi connectivity index (χ4v) is 1.80. The van der Waals surface area contributed by atoms with Gasteiger partial charge in [0.15, 0.2) is 5.82 Å². The molecule has 0 unspecified atom stereocenters. The molecule has 2 aromatic rings. The molecule has 0 saturated carbocycles. The van der Waals surface area contributed by atoms with Crippen molar-refractivity contribution < 1.29 is 4.74 Å². The van der Waals surface area contributed by atoms with Crippen LogP contribution in [-0.4, -0.2) is 14.8 Å². The van der Waals surface area contributed by atoms with Crippen LogP contribution in [-0.2, 0) is 13.2 Å². The summed E-state index contributed by atoms with van der Waals surface area (Å²) in [6.45, 7) is 2.98. The molecular formula is C11H12Cl2N4O. The maximum atomic E-state index is 5.90. The number of nitrogens with zero attached hydrogens (tertiary/aromatic N) is 3. The van der Waals surface area contributed by atoms with Crippen molar-refractivity contribution in [2.24, 2.45) is 0 Å². The molecule has 0 aliphatic rings. The van der Waals surface area contributed by atoms with Gasteiger partial charge in [0.1, 0.15) is 18.7 Å². The number of hydrogen-bond acceptors (Lipinski definition) is 4. The van der Waals surface area contributed by atoms with Crippen molar-refractivity contribution in [3.63, 3.8) is 0 Å². The second-order valence-electron chi connectivity index (χ2n) is 3.58. The maximum absolute atomic E-state index is 5.90. The van der Waals surface area contributed by atoms with Crippen LogP contribution in [0.3, 0.4) is 0 Å². The van der Waals surface area contributed by atoms with Crippen LogP contribution < -0.4 is 10.5 Å². The van der Waals surface area contributed by atoms with Crippen LogP contribution in [0.15, 0.2) is 18.5 Å². The van der Waals surface area contributed by atoms with E-state index in [1.165, 1.54) is 6.33 Å². The molecule has 0 spiro atoms. The summed E-state index contributed by atoms with van der Waals surface area (Å²) in [5.74, 6) is 1.21. The zero-order chi connectivity index (χ0) is 13.1. The van der Waals surface area contributed by atoms with Crippen LogP contribution in [0.1, 0.15) is 12.7 Å². The second-order valence-corrected chi connectivity index (χ2v) is 4.40. The van der Waals surface area contributed by atoms with Crippen LogP contribution in [0.5, 0.6) is 5.75 Å². The number of hydrogen-bond donors (Lipinski definition) is 1. The average Bonchev–Trinajstić information content (AvgIpc) is 2.79. The third kappa shape index (κ3) is 2.68. The van der Waals surface area contributed by atoms with E-state index in [4.69, 9.17) is 33.7 Å².